The van der Waals surface area contributed by atoms with Gasteiger partial charge in [0.1, 0.15) is 11.6 Å². The van der Waals surface area contributed by atoms with Crippen LogP contribution in [-0.4, -0.2) is 45.4 Å². The monoisotopic (exact) mass is 549 g/mol. The Morgan fingerprint density at radius 1 is 1.00 bits per heavy atom. The summed E-state index contributed by atoms with van der Waals surface area (Å²) in [7, 11) is -3.43. The van der Waals surface area contributed by atoms with Crippen LogP contribution in [0.5, 0.6) is 5.75 Å². The summed E-state index contributed by atoms with van der Waals surface area (Å²) in [4.78, 5) is 8.86. The van der Waals surface area contributed by atoms with Gasteiger partial charge in [-0.25, -0.2) is 18.1 Å². The van der Waals surface area contributed by atoms with Crippen LogP contribution in [0.4, 0.5) is 13.2 Å². The molecule has 0 saturated carbocycles. The van der Waals surface area contributed by atoms with Gasteiger partial charge in [-0.05, 0) is 60.7 Å². The molecule has 2 aromatic heterocycles. The Balaban J connectivity index is 1.49. The van der Waals surface area contributed by atoms with E-state index in [1.165, 1.54) is 12.1 Å². The van der Waals surface area contributed by atoms with Crippen molar-refractivity contribution in [3.05, 3.63) is 59.9 Å². The Labute approximate surface area is 217 Å². The molecule has 4 aromatic rings. The highest BCUT2D eigenvalue weighted by Gasteiger charge is 2.31. The number of rotatable bonds is 8. The van der Waals surface area contributed by atoms with Crippen LogP contribution in [0.3, 0.4) is 0 Å². The number of benzene rings is 2. The molecule has 4 rings (SSSR count). The zero-order chi connectivity index (χ0) is 27.7. The number of aryl methyl sites for hydroxylation is 1. The van der Waals surface area contributed by atoms with E-state index in [-0.39, 0.29) is 45.9 Å². The largest absolute Gasteiger partial charge is 0.573 e. The molecule has 0 saturated heterocycles. The number of hydrogen-bond acceptors (Lipinski definition) is 8. The zero-order valence-electron chi connectivity index (χ0n) is 21.2. The summed E-state index contributed by atoms with van der Waals surface area (Å²) in [6.45, 7) is 8.00. The number of alkyl halides is 3. The quantitative estimate of drug-likeness (QED) is 0.285. The van der Waals surface area contributed by atoms with Gasteiger partial charge in [0.2, 0.25) is 11.6 Å². The van der Waals surface area contributed by atoms with Crippen molar-refractivity contribution < 1.29 is 30.8 Å². The second-order valence-corrected chi connectivity index (χ2v) is 12.0. The molecule has 202 valence electrons. The van der Waals surface area contributed by atoms with Crippen molar-refractivity contribution in [2.75, 3.05) is 5.75 Å². The summed E-state index contributed by atoms with van der Waals surface area (Å²) in [6, 6.07) is 11.8. The van der Waals surface area contributed by atoms with Crippen LogP contribution in [0, 0.1) is 12.3 Å². The van der Waals surface area contributed by atoms with Gasteiger partial charge in [-0.15, -0.1) is 18.3 Å². The van der Waals surface area contributed by atoms with Crippen molar-refractivity contribution in [3.8, 4) is 28.9 Å². The first-order valence-corrected chi connectivity index (χ1v) is 13.3. The predicted molar refractivity (Wildman–Crippen MR) is 132 cm³/mol. The zero-order valence-corrected chi connectivity index (χ0v) is 22.0. The van der Waals surface area contributed by atoms with Gasteiger partial charge in [0.15, 0.2) is 9.84 Å². The minimum absolute atomic E-state index is 0.0241. The summed E-state index contributed by atoms with van der Waals surface area (Å²) in [5.74, 6) is 0.551. The SMILES string of the molecule is Cc1nc(-c2nc(-c3ccc(OC(F)(F)F)cc3)no2)nn1Cc1cccc(S(=O)(=O)CCC(C)(C)C)c1. The van der Waals surface area contributed by atoms with Crippen molar-refractivity contribution in [2.24, 2.45) is 5.41 Å². The molecule has 0 aliphatic carbocycles. The molecule has 0 amide bonds. The van der Waals surface area contributed by atoms with Crippen LogP contribution >= 0.6 is 0 Å². The van der Waals surface area contributed by atoms with E-state index in [2.05, 4.69) is 25.0 Å². The van der Waals surface area contributed by atoms with E-state index in [4.69, 9.17) is 4.52 Å². The van der Waals surface area contributed by atoms with Crippen molar-refractivity contribution in [2.45, 2.75) is 51.9 Å². The molecular formula is C25H26F3N5O4S. The molecule has 0 aliphatic heterocycles. The minimum atomic E-state index is -4.79. The fourth-order valence-electron chi connectivity index (χ4n) is 3.47. The number of aromatic nitrogens is 5. The molecule has 13 heteroatoms. The van der Waals surface area contributed by atoms with Gasteiger partial charge >= 0.3 is 6.36 Å². The van der Waals surface area contributed by atoms with E-state index in [9.17, 15) is 21.6 Å². The molecule has 9 nitrogen and oxygen atoms in total. The van der Waals surface area contributed by atoms with Crippen molar-refractivity contribution in [1.29, 1.82) is 0 Å². The third-order valence-corrected chi connectivity index (χ3v) is 7.24. The smallest absolute Gasteiger partial charge is 0.406 e. The third kappa shape index (κ3) is 6.97. The fraction of sp³-hybridized carbons (Fsp3) is 0.360. The highest BCUT2D eigenvalue weighted by molar-refractivity contribution is 7.91. The lowest BCUT2D eigenvalue weighted by atomic mass is 9.94. The van der Waals surface area contributed by atoms with E-state index in [1.807, 2.05) is 20.8 Å². The van der Waals surface area contributed by atoms with Gasteiger partial charge in [-0.2, -0.15) is 4.98 Å². The summed E-state index contributed by atoms with van der Waals surface area (Å²) in [5.41, 5.74) is 1.04. The molecule has 0 radical (unpaired) electrons. The molecule has 2 aromatic carbocycles. The number of ether oxygens (including phenoxy) is 1. The molecule has 0 atom stereocenters. The first kappa shape index (κ1) is 27.3. The summed E-state index contributed by atoms with van der Waals surface area (Å²) >= 11 is 0. The molecule has 0 bridgehead atoms. The average Bonchev–Trinajstić information content (AvgIpc) is 3.44. The Hall–Kier alpha value is -3.74. The Morgan fingerprint density at radius 2 is 1.71 bits per heavy atom. The Kier molecular flexibility index (Phi) is 7.33. The van der Waals surface area contributed by atoms with Crippen LogP contribution in [0.25, 0.3) is 23.1 Å². The highest BCUT2D eigenvalue weighted by atomic mass is 32.2. The molecule has 0 fully saturated rings. The number of nitrogens with zero attached hydrogens (tertiary/aromatic N) is 5. The van der Waals surface area contributed by atoms with E-state index < -0.39 is 16.2 Å². The maximum atomic E-state index is 12.8. The van der Waals surface area contributed by atoms with Gasteiger partial charge < -0.3 is 9.26 Å². The second-order valence-electron chi connectivity index (χ2n) is 9.91. The van der Waals surface area contributed by atoms with Crippen LogP contribution in [0.2, 0.25) is 0 Å². The highest BCUT2D eigenvalue weighted by Crippen LogP contribution is 2.27. The van der Waals surface area contributed by atoms with Gasteiger partial charge in [0.25, 0.3) is 5.89 Å². The summed E-state index contributed by atoms with van der Waals surface area (Å²) < 4.78 is 73.4. The first-order chi connectivity index (χ1) is 17.7. The third-order valence-electron chi connectivity index (χ3n) is 5.53. The van der Waals surface area contributed by atoms with Crippen LogP contribution < -0.4 is 4.74 Å². The van der Waals surface area contributed by atoms with Gasteiger partial charge in [0, 0.05) is 5.56 Å². The number of halogens is 3. The van der Waals surface area contributed by atoms with E-state index in [0.29, 0.717) is 17.8 Å². The molecular weight excluding hydrogens is 523 g/mol. The Bertz CT molecular complexity index is 1520. The fourth-order valence-corrected chi connectivity index (χ4v) is 5.20. The Morgan fingerprint density at radius 3 is 2.37 bits per heavy atom. The van der Waals surface area contributed by atoms with Crippen molar-refractivity contribution in [3.63, 3.8) is 0 Å². The summed E-state index contributed by atoms with van der Waals surface area (Å²) in [5, 5.41) is 8.27. The lowest BCUT2D eigenvalue weighted by molar-refractivity contribution is -0.274. The van der Waals surface area contributed by atoms with Crippen LogP contribution in [0.1, 0.15) is 38.6 Å². The molecule has 0 unspecified atom stereocenters. The molecule has 2 heterocycles. The standard InChI is InChI=1S/C25H26F3N5O4S/c1-16-29-22(23-30-21(32-37-23)18-8-10-19(11-9-18)36-25(26,27)28)31-33(16)15-17-6-5-7-20(14-17)38(34,35)13-12-24(2,3)4/h5-11,14H,12-13,15H2,1-4H3. The van der Waals surface area contributed by atoms with Crippen LogP contribution in [-0.2, 0) is 16.4 Å². The average molecular weight is 550 g/mol. The van der Waals surface area contributed by atoms with Gasteiger partial charge in [-0.1, -0.05) is 38.1 Å². The van der Waals surface area contributed by atoms with E-state index in [1.54, 1.807) is 35.9 Å². The predicted octanol–water partition coefficient (Wildman–Crippen LogP) is 5.46. The topological polar surface area (TPSA) is 113 Å². The molecule has 0 aliphatic rings. The normalized spacial score (nSPS) is 12.6. The van der Waals surface area contributed by atoms with Crippen molar-refractivity contribution in [1.82, 2.24) is 24.9 Å². The summed E-state index contributed by atoms with van der Waals surface area (Å²) in [6.07, 6.45) is -4.24. The van der Waals surface area contributed by atoms with E-state index in [0.717, 1.165) is 17.7 Å². The molecule has 0 spiro atoms. The van der Waals surface area contributed by atoms with E-state index >= 15 is 0 Å². The van der Waals surface area contributed by atoms with Crippen LogP contribution in [0.15, 0.2) is 57.9 Å². The number of hydrogen-bond donors (Lipinski definition) is 0. The lowest BCUT2D eigenvalue weighted by Gasteiger charge is -2.17. The second kappa shape index (κ2) is 10.2. The minimum Gasteiger partial charge on any atom is -0.406 e. The number of sulfone groups is 1. The molecule has 0 N–H and O–H groups in total. The lowest BCUT2D eigenvalue weighted by Crippen LogP contribution is -2.16. The first-order valence-electron chi connectivity index (χ1n) is 11.6. The maximum absolute atomic E-state index is 12.8. The van der Waals surface area contributed by atoms with Gasteiger partial charge in [0.05, 0.1) is 17.2 Å². The van der Waals surface area contributed by atoms with Crippen molar-refractivity contribution >= 4 is 9.84 Å². The maximum Gasteiger partial charge on any atom is 0.573 e. The van der Waals surface area contributed by atoms with Gasteiger partial charge in [-0.3, -0.25) is 0 Å². The molecule has 38 heavy (non-hydrogen) atoms.